The topological polar surface area (TPSA) is 75.8 Å². The maximum absolute atomic E-state index is 5.70. The average molecular weight is 465 g/mol. The van der Waals surface area contributed by atoms with Crippen LogP contribution in [0.1, 0.15) is 52.3 Å². The highest BCUT2D eigenvalue weighted by Gasteiger charge is 2.22. The van der Waals surface area contributed by atoms with Gasteiger partial charge in [0.2, 0.25) is 5.89 Å². The molecule has 0 radical (unpaired) electrons. The Hall–Kier alpha value is -0.900. The lowest BCUT2D eigenvalue weighted by Crippen LogP contribution is -2.40. The molecule has 1 N–H and O–H groups in total. The highest BCUT2D eigenvalue weighted by atomic mass is 127. The van der Waals surface area contributed by atoms with Crippen LogP contribution in [0.2, 0.25) is 0 Å². The number of aromatic nitrogens is 2. The quantitative estimate of drug-likeness (QED) is 0.276. The number of nitrogens with one attached hydrogen (secondary N) is 1. The normalized spacial score (nSPS) is 15.0. The molecule has 1 aliphatic rings. The molecule has 0 atom stereocenters. The van der Waals surface area contributed by atoms with E-state index >= 15 is 0 Å². The number of guanidine groups is 1. The van der Waals surface area contributed by atoms with Gasteiger partial charge >= 0.3 is 0 Å². The van der Waals surface area contributed by atoms with Crippen LogP contribution in [0.3, 0.4) is 0 Å². The van der Waals surface area contributed by atoms with E-state index in [1.165, 1.54) is 12.8 Å². The van der Waals surface area contributed by atoms with Gasteiger partial charge in [0.25, 0.3) is 0 Å². The fourth-order valence-corrected chi connectivity index (χ4v) is 2.08. The van der Waals surface area contributed by atoms with Gasteiger partial charge in [0.15, 0.2) is 11.8 Å². The van der Waals surface area contributed by atoms with Crippen LogP contribution in [0.5, 0.6) is 0 Å². The molecule has 1 fully saturated rings. The van der Waals surface area contributed by atoms with E-state index in [0.717, 1.165) is 31.6 Å². The summed E-state index contributed by atoms with van der Waals surface area (Å²) >= 11 is 0. The summed E-state index contributed by atoms with van der Waals surface area (Å²) in [6, 6.07) is 0. The minimum absolute atomic E-state index is 0. The summed E-state index contributed by atoms with van der Waals surface area (Å²) in [6.07, 6.45) is 2.64. The van der Waals surface area contributed by atoms with Crippen LogP contribution >= 0.6 is 24.0 Å². The van der Waals surface area contributed by atoms with Gasteiger partial charge in [0, 0.05) is 32.2 Å². The smallest absolute Gasteiger partial charge is 0.232 e. The molecule has 0 aliphatic heterocycles. The van der Waals surface area contributed by atoms with Crippen molar-refractivity contribution in [2.24, 2.45) is 10.9 Å². The van der Waals surface area contributed by atoms with Crippen molar-refractivity contribution in [2.45, 2.75) is 52.5 Å². The number of halogens is 1. The molecule has 1 heterocycles. The number of ether oxygens (including phenoxy) is 1. The molecule has 0 amide bonds. The van der Waals surface area contributed by atoms with E-state index in [2.05, 4.69) is 32.3 Å². The zero-order valence-electron chi connectivity index (χ0n) is 16.0. The number of hydrogen-bond acceptors (Lipinski definition) is 5. The number of likely N-dealkylation sites (N-methyl/N-ethyl adjacent to an activating group) is 1. The molecule has 0 saturated heterocycles. The molecule has 1 aliphatic carbocycles. The monoisotopic (exact) mass is 465 g/mol. The molecule has 25 heavy (non-hydrogen) atoms. The average Bonchev–Trinajstić information content (AvgIpc) is 3.21. The molecule has 7 nitrogen and oxygen atoms in total. The van der Waals surface area contributed by atoms with E-state index in [4.69, 9.17) is 9.26 Å². The Kier molecular flexibility index (Phi) is 9.12. The summed E-state index contributed by atoms with van der Waals surface area (Å²) in [4.78, 5) is 11.1. The van der Waals surface area contributed by atoms with Gasteiger partial charge in [-0.25, -0.2) is 4.99 Å². The second kappa shape index (κ2) is 10.3. The highest BCUT2D eigenvalue weighted by molar-refractivity contribution is 14.0. The first-order chi connectivity index (χ1) is 11.4. The summed E-state index contributed by atoms with van der Waals surface area (Å²) in [6.45, 7) is 11.8. The second-order valence-electron chi connectivity index (χ2n) is 7.38. The van der Waals surface area contributed by atoms with Crippen molar-refractivity contribution >= 4 is 29.9 Å². The van der Waals surface area contributed by atoms with Crippen molar-refractivity contribution in [1.82, 2.24) is 20.4 Å². The summed E-state index contributed by atoms with van der Waals surface area (Å²) in [5.74, 6) is 2.87. The summed E-state index contributed by atoms with van der Waals surface area (Å²) in [7, 11) is 2.01. The Bertz CT molecular complexity index is 537. The second-order valence-corrected chi connectivity index (χ2v) is 7.38. The SMILES string of the molecule is CCNC(=NCc1noc(C(C)(C)C)n1)N(C)CCOCC1CC1.I. The molecule has 144 valence electrons. The van der Waals surface area contributed by atoms with E-state index in [-0.39, 0.29) is 29.4 Å². The number of hydrogen-bond donors (Lipinski definition) is 1. The number of nitrogens with zero attached hydrogens (tertiary/aromatic N) is 4. The fraction of sp³-hybridized carbons (Fsp3) is 0.824. The van der Waals surface area contributed by atoms with E-state index in [0.29, 0.717) is 24.9 Å². The molecule has 0 unspecified atom stereocenters. The van der Waals surface area contributed by atoms with Crippen molar-refractivity contribution in [3.05, 3.63) is 11.7 Å². The Morgan fingerprint density at radius 2 is 2.12 bits per heavy atom. The van der Waals surface area contributed by atoms with Crippen LogP contribution in [-0.2, 0) is 16.7 Å². The van der Waals surface area contributed by atoms with Crippen LogP contribution in [0, 0.1) is 5.92 Å². The Balaban J connectivity index is 0.00000312. The molecular formula is C17H32IN5O2. The molecule has 0 bridgehead atoms. The van der Waals surface area contributed by atoms with Crippen molar-refractivity contribution in [3.8, 4) is 0 Å². The van der Waals surface area contributed by atoms with Crippen LogP contribution in [0.25, 0.3) is 0 Å². The molecule has 0 spiro atoms. The fourth-order valence-electron chi connectivity index (χ4n) is 2.08. The molecule has 2 rings (SSSR count). The molecule has 1 aromatic heterocycles. The molecule has 1 aromatic rings. The highest BCUT2D eigenvalue weighted by Crippen LogP contribution is 2.28. The van der Waals surface area contributed by atoms with Gasteiger partial charge in [-0.1, -0.05) is 25.9 Å². The molecule has 0 aromatic carbocycles. The van der Waals surface area contributed by atoms with Gasteiger partial charge in [-0.05, 0) is 25.7 Å². The zero-order chi connectivity index (χ0) is 17.6. The molecule has 8 heteroatoms. The van der Waals surface area contributed by atoms with Gasteiger partial charge < -0.3 is 19.5 Å². The van der Waals surface area contributed by atoms with Gasteiger partial charge in [0.05, 0.1) is 6.61 Å². The minimum Gasteiger partial charge on any atom is -0.379 e. The maximum Gasteiger partial charge on any atom is 0.232 e. The van der Waals surface area contributed by atoms with Crippen LogP contribution in [-0.4, -0.2) is 54.4 Å². The lowest BCUT2D eigenvalue weighted by molar-refractivity contribution is 0.115. The predicted octanol–water partition coefficient (Wildman–Crippen LogP) is 2.81. The third kappa shape index (κ3) is 7.89. The van der Waals surface area contributed by atoms with Gasteiger partial charge in [0.1, 0.15) is 6.54 Å². The summed E-state index contributed by atoms with van der Waals surface area (Å²) in [5, 5.41) is 7.30. The van der Waals surface area contributed by atoms with Crippen LogP contribution in [0.15, 0.2) is 9.52 Å². The Morgan fingerprint density at radius 1 is 1.40 bits per heavy atom. The Labute approximate surface area is 168 Å². The zero-order valence-corrected chi connectivity index (χ0v) is 18.4. The van der Waals surface area contributed by atoms with Crippen molar-refractivity contribution < 1.29 is 9.26 Å². The van der Waals surface area contributed by atoms with E-state index in [1.807, 2.05) is 27.8 Å². The first kappa shape index (κ1) is 22.1. The van der Waals surface area contributed by atoms with Crippen molar-refractivity contribution in [2.75, 3.05) is 33.4 Å². The summed E-state index contributed by atoms with van der Waals surface area (Å²) < 4.78 is 11.0. The van der Waals surface area contributed by atoms with E-state index < -0.39 is 0 Å². The standard InChI is InChI=1S/C17H31N5O2.HI/c1-6-18-16(22(5)9-10-23-12-13-7-8-13)19-11-14-20-15(24-21-14)17(2,3)4;/h13H,6-12H2,1-5H3,(H,18,19);1H. The van der Waals surface area contributed by atoms with Crippen molar-refractivity contribution in [1.29, 1.82) is 0 Å². The minimum atomic E-state index is -0.144. The van der Waals surface area contributed by atoms with Crippen LogP contribution < -0.4 is 5.32 Å². The lowest BCUT2D eigenvalue weighted by atomic mass is 9.97. The third-order valence-corrected chi connectivity index (χ3v) is 3.80. The lowest BCUT2D eigenvalue weighted by Gasteiger charge is -2.21. The maximum atomic E-state index is 5.70. The Morgan fingerprint density at radius 3 is 2.68 bits per heavy atom. The summed E-state index contributed by atoms with van der Waals surface area (Å²) in [5.41, 5.74) is -0.144. The predicted molar refractivity (Wildman–Crippen MR) is 109 cm³/mol. The van der Waals surface area contributed by atoms with Gasteiger partial charge in [-0.3, -0.25) is 0 Å². The van der Waals surface area contributed by atoms with E-state index in [9.17, 15) is 0 Å². The number of rotatable bonds is 8. The van der Waals surface area contributed by atoms with Crippen molar-refractivity contribution in [3.63, 3.8) is 0 Å². The van der Waals surface area contributed by atoms with Crippen LogP contribution in [0.4, 0.5) is 0 Å². The van der Waals surface area contributed by atoms with Gasteiger partial charge in [-0.15, -0.1) is 24.0 Å². The molecule has 1 saturated carbocycles. The van der Waals surface area contributed by atoms with E-state index in [1.54, 1.807) is 0 Å². The third-order valence-electron chi connectivity index (χ3n) is 3.80. The van der Waals surface area contributed by atoms with Gasteiger partial charge in [-0.2, -0.15) is 4.98 Å². The first-order valence-electron chi connectivity index (χ1n) is 8.80. The largest absolute Gasteiger partial charge is 0.379 e. The first-order valence-corrected chi connectivity index (χ1v) is 8.80. The molecular weight excluding hydrogens is 433 g/mol. The number of aliphatic imine (C=N–C) groups is 1.